The van der Waals surface area contributed by atoms with E-state index in [0.29, 0.717) is 11.8 Å². The van der Waals surface area contributed by atoms with Crippen molar-refractivity contribution in [2.45, 2.75) is 48.5 Å². The number of pyridine rings is 1. The van der Waals surface area contributed by atoms with Gasteiger partial charge in [-0.15, -0.1) is 0 Å². The van der Waals surface area contributed by atoms with Gasteiger partial charge in [-0.2, -0.15) is 11.8 Å². The third kappa shape index (κ3) is 3.94. The van der Waals surface area contributed by atoms with Crippen molar-refractivity contribution in [1.29, 1.82) is 0 Å². The van der Waals surface area contributed by atoms with Crippen LogP contribution in [0.5, 0.6) is 0 Å². The SMILES string of the molecule is CSC1CCC(NS(=O)(=O)c2ccc(CN)cn2)CC1. The number of hydrogen-bond acceptors (Lipinski definition) is 5. The predicted octanol–water partition coefficient (Wildman–Crippen LogP) is 1.49. The largest absolute Gasteiger partial charge is 0.326 e. The highest BCUT2D eigenvalue weighted by molar-refractivity contribution is 7.99. The van der Waals surface area contributed by atoms with Gasteiger partial charge in [0.2, 0.25) is 0 Å². The lowest BCUT2D eigenvalue weighted by Gasteiger charge is -2.27. The quantitative estimate of drug-likeness (QED) is 0.860. The molecule has 20 heavy (non-hydrogen) atoms. The topological polar surface area (TPSA) is 85.1 Å². The summed E-state index contributed by atoms with van der Waals surface area (Å²) in [5.41, 5.74) is 6.30. The molecule has 3 N–H and O–H groups in total. The Balaban J connectivity index is 2.00. The van der Waals surface area contributed by atoms with Crippen LogP contribution >= 0.6 is 11.8 Å². The van der Waals surface area contributed by atoms with E-state index < -0.39 is 10.0 Å². The molecule has 5 nitrogen and oxygen atoms in total. The van der Waals surface area contributed by atoms with Gasteiger partial charge in [0.1, 0.15) is 0 Å². The molecule has 1 saturated carbocycles. The lowest BCUT2D eigenvalue weighted by atomic mass is 9.96. The molecule has 1 aliphatic rings. The summed E-state index contributed by atoms with van der Waals surface area (Å²) in [6.45, 7) is 0.361. The molecule has 1 aromatic heterocycles. The Bertz CT molecular complexity index is 523. The van der Waals surface area contributed by atoms with E-state index >= 15 is 0 Å². The van der Waals surface area contributed by atoms with E-state index in [1.54, 1.807) is 6.07 Å². The molecule has 7 heteroatoms. The molecular formula is C13H21N3O2S2. The molecule has 1 aromatic rings. The number of rotatable bonds is 5. The lowest BCUT2D eigenvalue weighted by Crippen LogP contribution is -2.38. The number of aromatic nitrogens is 1. The van der Waals surface area contributed by atoms with Crippen LogP contribution in [0.1, 0.15) is 31.2 Å². The summed E-state index contributed by atoms with van der Waals surface area (Å²) in [7, 11) is -3.52. The van der Waals surface area contributed by atoms with Gasteiger partial charge in [-0.25, -0.2) is 18.1 Å². The van der Waals surface area contributed by atoms with Crippen molar-refractivity contribution < 1.29 is 8.42 Å². The van der Waals surface area contributed by atoms with Crippen LogP contribution in [0.4, 0.5) is 0 Å². The van der Waals surface area contributed by atoms with Crippen LogP contribution in [0.15, 0.2) is 23.4 Å². The number of sulfonamides is 1. The van der Waals surface area contributed by atoms with Crippen molar-refractivity contribution in [2.75, 3.05) is 6.26 Å². The Labute approximate surface area is 124 Å². The number of nitrogens with zero attached hydrogens (tertiary/aromatic N) is 1. The Kier molecular flexibility index (Phi) is 5.42. The van der Waals surface area contributed by atoms with Crippen molar-refractivity contribution in [3.05, 3.63) is 23.9 Å². The zero-order valence-electron chi connectivity index (χ0n) is 11.6. The fourth-order valence-corrected chi connectivity index (χ4v) is 4.36. The van der Waals surface area contributed by atoms with Crippen LogP contribution in [0.25, 0.3) is 0 Å². The molecule has 0 atom stereocenters. The average molecular weight is 315 g/mol. The van der Waals surface area contributed by atoms with Crippen molar-refractivity contribution in [3.8, 4) is 0 Å². The molecule has 0 amide bonds. The molecule has 0 bridgehead atoms. The molecule has 0 aromatic carbocycles. The summed E-state index contributed by atoms with van der Waals surface area (Å²) in [6, 6.07) is 3.24. The van der Waals surface area contributed by atoms with Crippen LogP contribution < -0.4 is 10.5 Å². The van der Waals surface area contributed by atoms with E-state index in [-0.39, 0.29) is 11.1 Å². The molecule has 2 rings (SSSR count). The van der Waals surface area contributed by atoms with Crippen LogP contribution in [0, 0.1) is 0 Å². The number of thioether (sulfide) groups is 1. The molecule has 1 fully saturated rings. The minimum atomic E-state index is -3.52. The fourth-order valence-electron chi connectivity index (χ4n) is 2.39. The maximum absolute atomic E-state index is 12.2. The van der Waals surface area contributed by atoms with Crippen molar-refractivity contribution in [2.24, 2.45) is 5.73 Å². The second-order valence-electron chi connectivity index (χ2n) is 5.04. The monoisotopic (exact) mass is 315 g/mol. The molecule has 1 aliphatic carbocycles. The van der Waals surface area contributed by atoms with E-state index in [9.17, 15) is 8.42 Å². The first-order valence-corrected chi connectivity index (χ1v) is 9.52. The fraction of sp³-hybridized carbons (Fsp3) is 0.615. The van der Waals surface area contributed by atoms with Crippen molar-refractivity contribution in [1.82, 2.24) is 9.71 Å². The lowest BCUT2D eigenvalue weighted by molar-refractivity contribution is 0.419. The number of nitrogens with one attached hydrogen (secondary N) is 1. The van der Waals surface area contributed by atoms with E-state index in [0.717, 1.165) is 31.2 Å². The van der Waals surface area contributed by atoms with Gasteiger partial charge < -0.3 is 5.73 Å². The Morgan fingerprint density at radius 1 is 1.35 bits per heavy atom. The maximum Gasteiger partial charge on any atom is 0.258 e. The van der Waals surface area contributed by atoms with Gasteiger partial charge in [-0.05, 0) is 43.6 Å². The van der Waals surface area contributed by atoms with Gasteiger partial charge >= 0.3 is 0 Å². The maximum atomic E-state index is 12.2. The van der Waals surface area contributed by atoms with Crippen LogP contribution in [-0.4, -0.2) is 30.9 Å². The van der Waals surface area contributed by atoms with Crippen molar-refractivity contribution >= 4 is 21.8 Å². The Hall–Kier alpha value is -0.630. The summed E-state index contributed by atoms with van der Waals surface area (Å²) >= 11 is 1.86. The van der Waals surface area contributed by atoms with Crippen LogP contribution in [0.2, 0.25) is 0 Å². The zero-order chi connectivity index (χ0) is 14.6. The van der Waals surface area contributed by atoms with Crippen molar-refractivity contribution in [3.63, 3.8) is 0 Å². The van der Waals surface area contributed by atoms with Crippen LogP contribution in [-0.2, 0) is 16.6 Å². The average Bonchev–Trinajstić information content (AvgIpc) is 2.48. The first-order chi connectivity index (χ1) is 9.55. The Morgan fingerprint density at radius 2 is 2.05 bits per heavy atom. The smallest absolute Gasteiger partial charge is 0.258 e. The summed E-state index contributed by atoms with van der Waals surface area (Å²) in [5, 5.41) is 0.736. The molecule has 112 valence electrons. The molecular weight excluding hydrogens is 294 g/mol. The molecule has 0 radical (unpaired) electrons. The second-order valence-corrected chi connectivity index (χ2v) is 7.84. The molecule has 1 heterocycles. The third-order valence-electron chi connectivity index (χ3n) is 3.64. The number of nitrogens with two attached hydrogens (primary N) is 1. The highest BCUT2D eigenvalue weighted by Crippen LogP contribution is 2.27. The third-order valence-corrected chi connectivity index (χ3v) is 6.21. The van der Waals surface area contributed by atoms with Gasteiger partial charge in [0.05, 0.1) is 0 Å². The van der Waals surface area contributed by atoms with Gasteiger partial charge in [0.15, 0.2) is 5.03 Å². The highest BCUT2D eigenvalue weighted by Gasteiger charge is 2.25. The van der Waals surface area contributed by atoms with E-state index in [2.05, 4.69) is 16.0 Å². The normalized spacial score (nSPS) is 23.7. The Morgan fingerprint density at radius 3 is 2.55 bits per heavy atom. The standard InChI is InChI=1S/C13H21N3O2S2/c1-19-12-5-3-11(4-6-12)16-20(17,18)13-7-2-10(8-14)9-15-13/h2,7,9,11-12,16H,3-6,8,14H2,1H3. The molecule has 0 saturated heterocycles. The molecule has 0 unspecified atom stereocenters. The summed E-state index contributed by atoms with van der Waals surface area (Å²) < 4.78 is 27.2. The van der Waals surface area contributed by atoms with Gasteiger partial charge in [0.25, 0.3) is 10.0 Å². The second kappa shape index (κ2) is 6.89. The van der Waals surface area contributed by atoms with E-state index in [1.807, 2.05) is 11.8 Å². The first kappa shape index (κ1) is 15.8. The molecule has 0 aliphatic heterocycles. The minimum Gasteiger partial charge on any atom is -0.326 e. The minimum absolute atomic E-state index is 0.0272. The zero-order valence-corrected chi connectivity index (χ0v) is 13.2. The molecule has 0 spiro atoms. The highest BCUT2D eigenvalue weighted by atomic mass is 32.2. The predicted molar refractivity (Wildman–Crippen MR) is 82.0 cm³/mol. The van der Waals surface area contributed by atoms with Gasteiger partial charge in [-0.1, -0.05) is 6.07 Å². The number of hydrogen-bond donors (Lipinski definition) is 2. The van der Waals surface area contributed by atoms with E-state index in [1.165, 1.54) is 12.3 Å². The summed E-state index contributed by atoms with van der Waals surface area (Å²) in [5.74, 6) is 0. The summed E-state index contributed by atoms with van der Waals surface area (Å²) in [4.78, 5) is 3.98. The van der Waals surface area contributed by atoms with Crippen LogP contribution in [0.3, 0.4) is 0 Å². The van der Waals surface area contributed by atoms with Gasteiger partial charge in [0, 0.05) is 24.0 Å². The summed E-state index contributed by atoms with van der Waals surface area (Å²) in [6.07, 6.45) is 7.54. The van der Waals surface area contributed by atoms with E-state index in [4.69, 9.17) is 5.73 Å². The van der Waals surface area contributed by atoms with Gasteiger partial charge in [-0.3, -0.25) is 0 Å². The first-order valence-electron chi connectivity index (χ1n) is 6.75.